The predicted molar refractivity (Wildman–Crippen MR) is 111 cm³/mol. The van der Waals surface area contributed by atoms with Gasteiger partial charge >= 0.3 is 5.76 Å². The van der Waals surface area contributed by atoms with Crippen molar-refractivity contribution in [2.24, 2.45) is 7.05 Å². The Morgan fingerprint density at radius 3 is 2.45 bits per heavy atom. The molecule has 0 atom stereocenters. The number of pyridine rings is 1. The third-order valence-corrected chi connectivity index (χ3v) is 5.53. The molecule has 0 unspecified atom stereocenters. The quantitative estimate of drug-likeness (QED) is 0.522. The highest BCUT2D eigenvalue weighted by Crippen LogP contribution is 2.45. The fourth-order valence-electron chi connectivity index (χ4n) is 3.69. The Kier molecular flexibility index (Phi) is 4.43. The first-order valence-electron chi connectivity index (χ1n) is 9.76. The molecule has 0 radical (unpaired) electrons. The number of benzene rings is 2. The molecular formula is C23H17F2N3O3. The summed E-state index contributed by atoms with van der Waals surface area (Å²) in [7, 11) is 1.65. The zero-order valence-electron chi connectivity index (χ0n) is 16.5. The molecule has 2 aromatic carbocycles. The summed E-state index contributed by atoms with van der Waals surface area (Å²) in [4.78, 5) is 27.8. The normalized spacial score (nSPS) is 13.5. The van der Waals surface area contributed by atoms with Gasteiger partial charge in [-0.15, -0.1) is 0 Å². The monoisotopic (exact) mass is 421 g/mol. The number of hydrogen-bond acceptors (Lipinski definition) is 4. The van der Waals surface area contributed by atoms with Gasteiger partial charge in [-0.05, 0) is 59.7 Å². The summed E-state index contributed by atoms with van der Waals surface area (Å²) < 4.78 is 34.3. The molecule has 4 aromatic rings. The zero-order valence-corrected chi connectivity index (χ0v) is 16.5. The van der Waals surface area contributed by atoms with Crippen LogP contribution in [0, 0.1) is 11.6 Å². The van der Waals surface area contributed by atoms with Gasteiger partial charge in [-0.3, -0.25) is 14.3 Å². The average molecular weight is 421 g/mol. The summed E-state index contributed by atoms with van der Waals surface area (Å²) in [6.07, 6.45) is 3.80. The number of hydrogen-bond donors (Lipinski definition) is 1. The van der Waals surface area contributed by atoms with Crippen LogP contribution in [0.4, 0.5) is 14.5 Å². The molecule has 6 nitrogen and oxygen atoms in total. The molecule has 0 bridgehead atoms. The molecule has 1 amide bonds. The van der Waals surface area contributed by atoms with Crippen LogP contribution in [0.25, 0.3) is 22.2 Å². The number of anilines is 1. The van der Waals surface area contributed by atoms with Crippen LogP contribution in [0.2, 0.25) is 0 Å². The van der Waals surface area contributed by atoms with E-state index >= 15 is 0 Å². The second kappa shape index (κ2) is 7.16. The highest BCUT2D eigenvalue weighted by atomic mass is 19.1. The standard InChI is InChI=1S/C23H17F2N3O3/c1-28-19-8-15(16(13-2-3-13)9-20(19)31-23(28)30)12-4-6-14(7-5-12)22(29)27-21-17(24)10-26-11-18(21)25/h4-11,13H,2-3H2,1H3,(H,26,27,29). The second-order valence-electron chi connectivity index (χ2n) is 7.62. The van der Waals surface area contributed by atoms with Crippen molar-refractivity contribution in [3.05, 3.63) is 82.1 Å². The van der Waals surface area contributed by atoms with E-state index in [2.05, 4.69) is 10.3 Å². The molecule has 0 saturated heterocycles. The molecule has 1 saturated carbocycles. The molecule has 31 heavy (non-hydrogen) atoms. The number of amides is 1. The van der Waals surface area contributed by atoms with E-state index in [9.17, 15) is 18.4 Å². The van der Waals surface area contributed by atoms with Gasteiger partial charge in [0.1, 0.15) is 5.69 Å². The van der Waals surface area contributed by atoms with Crippen molar-refractivity contribution >= 4 is 22.7 Å². The number of halogens is 2. The van der Waals surface area contributed by atoms with E-state index < -0.39 is 29.0 Å². The molecule has 2 aromatic heterocycles. The summed E-state index contributed by atoms with van der Waals surface area (Å²) in [5, 5.41) is 2.25. The van der Waals surface area contributed by atoms with Gasteiger partial charge in [0, 0.05) is 12.6 Å². The van der Waals surface area contributed by atoms with Crippen LogP contribution in [0.15, 0.2) is 58.0 Å². The van der Waals surface area contributed by atoms with Crippen molar-refractivity contribution in [3.8, 4) is 11.1 Å². The zero-order chi connectivity index (χ0) is 21.7. The number of carbonyl (C=O) groups excluding carboxylic acids is 1. The molecule has 1 N–H and O–H groups in total. The second-order valence-corrected chi connectivity index (χ2v) is 7.62. The first-order chi connectivity index (χ1) is 14.9. The van der Waals surface area contributed by atoms with Crippen molar-refractivity contribution in [2.45, 2.75) is 18.8 Å². The largest absolute Gasteiger partial charge is 0.419 e. The Morgan fingerprint density at radius 1 is 1.13 bits per heavy atom. The summed E-state index contributed by atoms with van der Waals surface area (Å²) in [5.41, 5.74) is 3.89. The highest BCUT2D eigenvalue weighted by Gasteiger charge is 2.28. The predicted octanol–water partition coefficient (Wildman–Crippen LogP) is 4.60. The first kappa shape index (κ1) is 19.2. The first-order valence-corrected chi connectivity index (χ1v) is 9.76. The number of aryl methyl sites for hydroxylation is 1. The maximum Gasteiger partial charge on any atom is 0.419 e. The Balaban J connectivity index is 1.49. The Morgan fingerprint density at radius 2 is 1.81 bits per heavy atom. The van der Waals surface area contributed by atoms with Crippen LogP contribution in [-0.4, -0.2) is 15.5 Å². The van der Waals surface area contributed by atoms with Crippen LogP contribution in [0.1, 0.15) is 34.7 Å². The fraction of sp³-hybridized carbons (Fsp3) is 0.174. The van der Waals surface area contributed by atoms with Crippen molar-refractivity contribution in [1.29, 1.82) is 0 Å². The molecule has 0 spiro atoms. The lowest BCUT2D eigenvalue weighted by molar-refractivity contribution is 0.102. The molecule has 0 aliphatic heterocycles. The lowest BCUT2D eigenvalue weighted by Gasteiger charge is -2.11. The van der Waals surface area contributed by atoms with Crippen molar-refractivity contribution in [1.82, 2.24) is 9.55 Å². The lowest BCUT2D eigenvalue weighted by Crippen LogP contribution is -2.14. The number of aromatic nitrogens is 2. The minimum Gasteiger partial charge on any atom is -0.408 e. The SMILES string of the molecule is Cn1c(=O)oc2cc(C3CC3)c(-c3ccc(C(=O)Nc4c(F)cncc4F)cc3)cc21. The van der Waals surface area contributed by atoms with Gasteiger partial charge < -0.3 is 9.73 Å². The van der Waals surface area contributed by atoms with E-state index in [-0.39, 0.29) is 5.56 Å². The van der Waals surface area contributed by atoms with Crippen LogP contribution >= 0.6 is 0 Å². The topological polar surface area (TPSA) is 77.1 Å². The number of nitrogens with zero attached hydrogens (tertiary/aromatic N) is 2. The minimum absolute atomic E-state index is 0.254. The van der Waals surface area contributed by atoms with E-state index in [4.69, 9.17) is 4.42 Å². The molecule has 2 heterocycles. The van der Waals surface area contributed by atoms with E-state index in [1.165, 1.54) is 4.57 Å². The number of oxazole rings is 1. The maximum absolute atomic E-state index is 13.8. The number of rotatable bonds is 4. The summed E-state index contributed by atoms with van der Waals surface area (Å²) >= 11 is 0. The lowest BCUT2D eigenvalue weighted by atomic mass is 9.95. The summed E-state index contributed by atoms with van der Waals surface area (Å²) in [5.74, 6) is -2.54. The molecule has 1 aliphatic carbocycles. The van der Waals surface area contributed by atoms with Crippen LogP contribution in [0.3, 0.4) is 0 Å². The molecular weight excluding hydrogens is 404 g/mol. The summed E-state index contributed by atoms with van der Waals surface area (Å²) in [6, 6.07) is 10.6. The number of nitrogens with one attached hydrogen (secondary N) is 1. The highest BCUT2D eigenvalue weighted by molar-refractivity contribution is 6.04. The van der Waals surface area contributed by atoms with Gasteiger partial charge in [0.15, 0.2) is 17.2 Å². The van der Waals surface area contributed by atoms with E-state index in [1.54, 1.807) is 31.3 Å². The third-order valence-electron chi connectivity index (χ3n) is 5.53. The van der Waals surface area contributed by atoms with Gasteiger partial charge in [-0.1, -0.05) is 12.1 Å². The molecule has 156 valence electrons. The van der Waals surface area contributed by atoms with Gasteiger partial charge in [-0.2, -0.15) is 0 Å². The Labute approximate surface area is 175 Å². The third kappa shape index (κ3) is 3.39. The Bertz CT molecular complexity index is 1370. The van der Waals surface area contributed by atoms with E-state index in [0.717, 1.165) is 41.9 Å². The Hall–Kier alpha value is -3.81. The van der Waals surface area contributed by atoms with Gasteiger partial charge in [0.2, 0.25) is 0 Å². The van der Waals surface area contributed by atoms with Crippen molar-refractivity contribution in [3.63, 3.8) is 0 Å². The minimum atomic E-state index is -0.946. The van der Waals surface area contributed by atoms with E-state index in [0.29, 0.717) is 17.0 Å². The van der Waals surface area contributed by atoms with Crippen LogP contribution < -0.4 is 11.1 Å². The maximum atomic E-state index is 13.8. The molecule has 5 rings (SSSR count). The summed E-state index contributed by atoms with van der Waals surface area (Å²) in [6.45, 7) is 0. The van der Waals surface area contributed by atoms with Gasteiger partial charge in [0.05, 0.1) is 17.9 Å². The molecule has 1 aliphatic rings. The average Bonchev–Trinajstić information content (AvgIpc) is 3.57. The van der Waals surface area contributed by atoms with Crippen LogP contribution in [-0.2, 0) is 7.05 Å². The van der Waals surface area contributed by atoms with E-state index in [1.807, 2.05) is 12.1 Å². The number of fused-ring (bicyclic) bond motifs is 1. The van der Waals surface area contributed by atoms with Crippen molar-refractivity contribution in [2.75, 3.05) is 5.32 Å². The fourth-order valence-corrected chi connectivity index (χ4v) is 3.69. The van der Waals surface area contributed by atoms with Gasteiger partial charge in [0.25, 0.3) is 5.91 Å². The molecule has 1 fully saturated rings. The number of carbonyl (C=O) groups is 1. The van der Waals surface area contributed by atoms with Crippen LogP contribution in [0.5, 0.6) is 0 Å². The van der Waals surface area contributed by atoms with Gasteiger partial charge in [-0.25, -0.2) is 13.6 Å². The van der Waals surface area contributed by atoms with Crippen molar-refractivity contribution < 1.29 is 18.0 Å². The molecule has 8 heteroatoms. The smallest absolute Gasteiger partial charge is 0.408 e.